The minimum atomic E-state index is -4.21. The maximum atomic E-state index is 14.5. The largest absolute Gasteiger partial charge is 0.354 e. The lowest BCUT2D eigenvalue weighted by Gasteiger charge is -2.34. The SMILES string of the molecule is CCCNC(=O)[C@H](Cc1ccccc1)N(Cc1ccc(Cl)cc1)C(=O)CN(c1ccc(Cl)cc1C)S(=O)(=O)c1ccc(C)cc1. The Morgan fingerprint density at radius 2 is 1.47 bits per heavy atom. The Morgan fingerprint density at radius 1 is 0.822 bits per heavy atom. The van der Waals surface area contributed by atoms with E-state index in [1.165, 1.54) is 17.0 Å². The summed E-state index contributed by atoms with van der Waals surface area (Å²) in [6.45, 7) is 5.51. The quantitative estimate of drug-likeness (QED) is 0.167. The number of hydrogen-bond acceptors (Lipinski definition) is 4. The van der Waals surface area contributed by atoms with Gasteiger partial charge in [-0.15, -0.1) is 0 Å². The fourth-order valence-corrected chi connectivity index (χ4v) is 6.79. The van der Waals surface area contributed by atoms with E-state index in [9.17, 15) is 18.0 Å². The Balaban J connectivity index is 1.81. The number of rotatable bonds is 13. The van der Waals surface area contributed by atoms with Crippen molar-refractivity contribution in [1.29, 1.82) is 0 Å². The average Bonchev–Trinajstić information content (AvgIpc) is 3.02. The lowest BCUT2D eigenvalue weighted by molar-refractivity contribution is -0.140. The molecule has 0 aliphatic heterocycles. The number of carbonyl (C=O) groups is 2. The van der Waals surface area contributed by atoms with Gasteiger partial charge in [-0.3, -0.25) is 13.9 Å². The van der Waals surface area contributed by atoms with Crippen LogP contribution in [0.15, 0.2) is 102 Å². The summed E-state index contributed by atoms with van der Waals surface area (Å²) in [6, 6.07) is 26.8. The zero-order valence-electron chi connectivity index (χ0n) is 25.5. The molecule has 236 valence electrons. The Labute approximate surface area is 275 Å². The van der Waals surface area contributed by atoms with Crippen LogP contribution >= 0.6 is 23.2 Å². The monoisotopic (exact) mass is 665 g/mol. The van der Waals surface area contributed by atoms with Crippen molar-refractivity contribution in [2.75, 3.05) is 17.4 Å². The summed E-state index contributed by atoms with van der Waals surface area (Å²) in [5, 5.41) is 3.92. The molecule has 0 unspecified atom stereocenters. The van der Waals surface area contributed by atoms with Crippen molar-refractivity contribution in [3.05, 3.63) is 129 Å². The van der Waals surface area contributed by atoms with Crippen molar-refractivity contribution >= 4 is 50.7 Å². The Hall–Kier alpha value is -3.85. The van der Waals surface area contributed by atoms with Gasteiger partial charge in [0.05, 0.1) is 10.6 Å². The van der Waals surface area contributed by atoms with Gasteiger partial charge in [-0.25, -0.2) is 8.42 Å². The van der Waals surface area contributed by atoms with Crippen molar-refractivity contribution < 1.29 is 18.0 Å². The van der Waals surface area contributed by atoms with Crippen LogP contribution in [-0.2, 0) is 32.6 Å². The topological polar surface area (TPSA) is 86.8 Å². The summed E-state index contributed by atoms with van der Waals surface area (Å²) in [7, 11) is -4.21. The number of nitrogens with zero attached hydrogens (tertiary/aromatic N) is 2. The van der Waals surface area contributed by atoms with Gasteiger partial charge in [0, 0.05) is 29.6 Å². The fourth-order valence-electron chi connectivity index (χ4n) is 4.96. The van der Waals surface area contributed by atoms with Crippen LogP contribution in [0.3, 0.4) is 0 Å². The zero-order valence-corrected chi connectivity index (χ0v) is 27.9. The first-order valence-electron chi connectivity index (χ1n) is 14.7. The highest BCUT2D eigenvalue weighted by Crippen LogP contribution is 2.30. The third kappa shape index (κ3) is 8.87. The molecule has 0 fully saturated rings. The molecule has 0 aliphatic carbocycles. The van der Waals surface area contributed by atoms with Crippen LogP contribution < -0.4 is 9.62 Å². The maximum Gasteiger partial charge on any atom is 0.264 e. The first-order chi connectivity index (χ1) is 21.5. The van der Waals surface area contributed by atoms with E-state index in [2.05, 4.69) is 5.32 Å². The third-order valence-corrected chi connectivity index (χ3v) is 9.66. The van der Waals surface area contributed by atoms with Gasteiger partial charge in [-0.2, -0.15) is 0 Å². The normalized spacial score (nSPS) is 11.9. The number of hydrogen-bond donors (Lipinski definition) is 1. The molecule has 1 N–H and O–H groups in total. The van der Waals surface area contributed by atoms with Gasteiger partial charge in [0.15, 0.2) is 0 Å². The Bertz CT molecular complexity index is 1710. The van der Waals surface area contributed by atoms with Crippen LogP contribution in [-0.4, -0.2) is 44.3 Å². The average molecular weight is 667 g/mol. The second-order valence-electron chi connectivity index (χ2n) is 10.9. The van der Waals surface area contributed by atoms with E-state index >= 15 is 0 Å². The van der Waals surface area contributed by atoms with Crippen molar-refractivity contribution in [3.8, 4) is 0 Å². The molecule has 0 heterocycles. The van der Waals surface area contributed by atoms with Crippen LogP contribution in [0.2, 0.25) is 10.0 Å². The highest BCUT2D eigenvalue weighted by Gasteiger charge is 2.35. The molecule has 0 saturated carbocycles. The highest BCUT2D eigenvalue weighted by atomic mass is 35.5. The number of nitrogens with one attached hydrogen (secondary N) is 1. The lowest BCUT2D eigenvalue weighted by Crippen LogP contribution is -2.53. The molecule has 0 aromatic heterocycles. The number of carbonyl (C=O) groups excluding carboxylic acids is 2. The van der Waals surface area contributed by atoms with E-state index in [-0.39, 0.29) is 23.8 Å². The molecular formula is C35H37Cl2N3O4S. The molecule has 0 saturated heterocycles. The first kappa shape index (κ1) is 34.0. The lowest BCUT2D eigenvalue weighted by atomic mass is 10.0. The summed E-state index contributed by atoms with van der Waals surface area (Å²) in [5.41, 5.74) is 3.40. The van der Waals surface area contributed by atoms with Crippen LogP contribution in [0.4, 0.5) is 5.69 Å². The molecule has 4 aromatic carbocycles. The van der Waals surface area contributed by atoms with Crippen LogP contribution in [0.5, 0.6) is 0 Å². The third-order valence-electron chi connectivity index (χ3n) is 7.40. The number of sulfonamides is 1. The number of amides is 2. The number of aryl methyl sites for hydroxylation is 2. The molecule has 1 atom stereocenters. The molecule has 0 aliphatic rings. The van der Waals surface area contributed by atoms with E-state index in [0.717, 1.165) is 21.0 Å². The van der Waals surface area contributed by atoms with Gasteiger partial charge in [0.1, 0.15) is 12.6 Å². The van der Waals surface area contributed by atoms with E-state index in [1.807, 2.05) is 44.2 Å². The number of benzene rings is 4. The van der Waals surface area contributed by atoms with Gasteiger partial charge in [-0.1, -0.05) is 90.3 Å². The number of halogens is 2. The zero-order chi connectivity index (χ0) is 32.6. The molecule has 4 aromatic rings. The minimum absolute atomic E-state index is 0.0426. The molecule has 45 heavy (non-hydrogen) atoms. The Morgan fingerprint density at radius 3 is 2.09 bits per heavy atom. The van der Waals surface area contributed by atoms with E-state index in [1.54, 1.807) is 61.5 Å². The molecule has 0 spiro atoms. The van der Waals surface area contributed by atoms with E-state index < -0.39 is 28.5 Å². The molecule has 7 nitrogen and oxygen atoms in total. The maximum absolute atomic E-state index is 14.5. The van der Waals surface area contributed by atoms with Crippen molar-refractivity contribution in [3.63, 3.8) is 0 Å². The summed E-state index contributed by atoms with van der Waals surface area (Å²) < 4.78 is 29.5. The molecule has 0 bridgehead atoms. The van der Waals surface area contributed by atoms with Crippen LogP contribution in [0.1, 0.15) is 35.6 Å². The van der Waals surface area contributed by atoms with Gasteiger partial charge >= 0.3 is 0 Å². The molecular weight excluding hydrogens is 629 g/mol. The second kappa shape index (κ2) is 15.4. The van der Waals surface area contributed by atoms with Gasteiger partial charge in [0.2, 0.25) is 11.8 Å². The standard InChI is InChI=1S/C35H37Cl2N3O4S/c1-4-20-38-35(42)33(22-27-8-6-5-7-9-27)39(23-28-12-14-29(36)15-13-28)34(41)24-40(32-19-16-30(37)21-26(32)3)45(43,44)31-17-10-25(2)11-18-31/h5-19,21,33H,4,20,22-24H2,1-3H3,(H,38,42)/t33-/m0/s1. The fraction of sp³-hybridized carbons (Fsp3) is 0.257. The second-order valence-corrected chi connectivity index (χ2v) is 13.6. The van der Waals surface area contributed by atoms with Crippen molar-refractivity contribution in [2.24, 2.45) is 0 Å². The smallest absolute Gasteiger partial charge is 0.264 e. The molecule has 10 heteroatoms. The summed E-state index contributed by atoms with van der Waals surface area (Å²) in [4.78, 5) is 29.7. The van der Waals surface area contributed by atoms with Crippen LogP contribution in [0.25, 0.3) is 0 Å². The van der Waals surface area contributed by atoms with Crippen molar-refractivity contribution in [1.82, 2.24) is 10.2 Å². The summed E-state index contributed by atoms with van der Waals surface area (Å²) in [5.74, 6) is -0.860. The van der Waals surface area contributed by atoms with Crippen LogP contribution in [0, 0.1) is 13.8 Å². The summed E-state index contributed by atoms with van der Waals surface area (Å²) >= 11 is 12.4. The summed E-state index contributed by atoms with van der Waals surface area (Å²) in [6.07, 6.45) is 0.952. The van der Waals surface area contributed by atoms with Crippen molar-refractivity contribution in [2.45, 2.75) is 51.1 Å². The van der Waals surface area contributed by atoms with Gasteiger partial charge in [0.25, 0.3) is 10.0 Å². The molecule has 4 rings (SSSR count). The molecule has 2 amide bonds. The predicted octanol–water partition coefficient (Wildman–Crippen LogP) is 6.97. The molecule has 0 radical (unpaired) electrons. The highest BCUT2D eigenvalue weighted by molar-refractivity contribution is 7.92. The minimum Gasteiger partial charge on any atom is -0.354 e. The predicted molar refractivity (Wildman–Crippen MR) is 181 cm³/mol. The van der Waals surface area contributed by atoms with Gasteiger partial charge in [-0.05, 0) is 79.4 Å². The van der Waals surface area contributed by atoms with E-state index in [4.69, 9.17) is 23.2 Å². The van der Waals surface area contributed by atoms with Gasteiger partial charge < -0.3 is 10.2 Å². The number of anilines is 1. The first-order valence-corrected chi connectivity index (χ1v) is 16.9. The van der Waals surface area contributed by atoms with E-state index in [0.29, 0.717) is 34.3 Å². The Kier molecular flexibility index (Phi) is 11.7.